The van der Waals surface area contributed by atoms with Gasteiger partial charge in [-0.25, -0.2) is 0 Å². The molecule has 2 rings (SSSR count). The van der Waals surface area contributed by atoms with Gasteiger partial charge in [0.1, 0.15) is 17.2 Å². The predicted molar refractivity (Wildman–Crippen MR) is 131 cm³/mol. The Morgan fingerprint density at radius 2 is 1.31 bits per heavy atom. The van der Waals surface area contributed by atoms with E-state index in [4.69, 9.17) is 9.47 Å². The van der Waals surface area contributed by atoms with Crippen LogP contribution >= 0.6 is 0 Å². The van der Waals surface area contributed by atoms with Crippen LogP contribution in [0.2, 0.25) is 0 Å². The first kappa shape index (κ1) is 25.8. The first-order chi connectivity index (χ1) is 14.5. The van der Waals surface area contributed by atoms with Crippen LogP contribution in [0.1, 0.15) is 91.0 Å². The number of phenols is 1. The normalized spacial score (nSPS) is 12.6. The largest absolute Gasteiger partial charge is 0.507 e. The van der Waals surface area contributed by atoms with Crippen LogP contribution in [-0.2, 0) is 27.5 Å². The lowest BCUT2D eigenvalue weighted by atomic mass is 9.78. The van der Waals surface area contributed by atoms with Gasteiger partial charge in [-0.15, -0.1) is 0 Å². The summed E-state index contributed by atoms with van der Waals surface area (Å²) in [7, 11) is 1.63. The average molecular weight is 441 g/mol. The third-order valence-electron chi connectivity index (χ3n) is 5.62. The maximum atomic E-state index is 12.7. The van der Waals surface area contributed by atoms with Crippen molar-refractivity contribution >= 4 is 5.97 Å². The lowest BCUT2D eigenvalue weighted by Crippen LogP contribution is -2.19. The van der Waals surface area contributed by atoms with E-state index in [1.54, 1.807) is 13.2 Å². The van der Waals surface area contributed by atoms with Crippen molar-refractivity contribution in [3.05, 3.63) is 52.6 Å². The molecule has 0 aliphatic carbocycles. The Labute approximate surface area is 194 Å². The number of methoxy groups -OCH3 is 1. The molecule has 0 heterocycles. The summed E-state index contributed by atoms with van der Waals surface area (Å²) in [5, 5.41) is 10.9. The van der Waals surface area contributed by atoms with E-state index in [2.05, 4.69) is 62.3 Å². The number of carbonyl (C=O) groups excluding carboxylic acids is 1. The van der Waals surface area contributed by atoms with E-state index >= 15 is 0 Å². The number of aromatic hydroxyl groups is 1. The maximum Gasteiger partial charge on any atom is 0.311 e. The van der Waals surface area contributed by atoms with Crippen molar-refractivity contribution in [3.63, 3.8) is 0 Å². The number of esters is 1. The molecule has 1 N–H and O–H groups in total. The Morgan fingerprint density at radius 1 is 0.812 bits per heavy atom. The van der Waals surface area contributed by atoms with Gasteiger partial charge in [0, 0.05) is 12.0 Å². The Morgan fingerprint density at radius 3 is 1.75 bits per heavy atom. The van der Waals surface area contributed by atoms with Crippen LogP contribution in [0.3, 0.4) is 0 Å². The lowest BCUT2D eigenvalue weighted by molar-refractivity contribution is -0.134. The summed E-state index contributed by atoms with van der Waals surface area (Å²) in [6, 6.07) is 9.57. The van der Waals surface area contributed by atoms with Crippen LogP contribution < -0.4 is 9.47 Å². The first-order valence-electron chi connectivity index (χ1n) is 11.3. The molecule has 0 saturated heterocycles. The summed E-state index contributed by atoms with van der Waals surface area (Å²) in [5.74, 6) is 1.38. The van der Waals surface area contributed by atoms with Gasteiger partial charge in [0.2, 0.25) is 0 Å². The summed E-state index contributed by atoms with van der Waals surface area (Å²) in [6.07, 6.45) is 0.805. The molecule has 0 fully saturated rings. The average Bonchev–Trinajstić information content (AvgIpc) is 2.64. The number of rotatable bonds is 5. The number of ether oxygens (including phenoxy) is 2. The first-order valence-corrected chi connectivity index (χ1v) is 11.3. The minimum atomic E-state index is -0.275. The zero-order chi connectivity index (χ0) is 24.5. The predicted octanol–water partition coefficient (Wildman–Crippen LogP) is 6.83. The maximum absolute atomic E-state index is 12.7. The molecular formula is C28H40O4. The van der Waals surface area contributed by atoms with Crippen molar-refractivity contribution in [2.45, 2.75) is 91.4 Å². The highest BCUT2D eigenvalue weighted by molar-refractivity contribution is 5.73. The van der Waals surface area contributed by atoms with Crippen molar-refractivity contribution in [1.82, 2.24) is 0 Å². The molecule has 176 valence electrons. The van der Waals surface area contributed by atoms with E-state index in [1.807, 2.05) is 24.3 Å². The zero-order valence-electron chi connectivity index (χ0n) is 21.5. The molecule has 2 aromatic rings. The Balaban J connectivity index is 2.27. The topological polar surface area (TPSA) is 55.8 Å². The van der Waals surface area contributed by atoms with Crippen LogP contribution in [0.15, 0.2) is 30.3 Å². The summed E-state index contributed by atoms with van der Waals surface area (Å²) in [4.78, 5) is 12.7. The van der Waals surface area contributed by atoms with E-state index in [1.165, 1.54) is 0 Å². The molecular weight excluding hydrogens is 400 g/mol. The van der Waals surface area contributed by atoms with Gasteiger partial charge in [0.15, 0.2) is 0 Å². The van der Waals surface area contributed by atoms with Gasteiger partial charge in [-0.3, -0.25) is 4.79 Å². The van der Waals surface area contributed by atoms with E-state index in [-0.39, 0.29) is 28.6 Å². The van der Waals surface area contributed by atoms with Gasteiger partial charge in [-0.2, -0.15) is 0 Å². The molecule has 0 radical (unpaired) electrons. The van der Waals surface area contributed by atoms with Gasteiger partial charge in [-0.05, 0) is 57.6 Å². The lowest BCUT2D eigenvalue weighted by Gasteiger charge is -2.28. The molecule has 0 saturated carbocycles. The van der Waals surface area contributed by atoms with Gasteiger partial charge >= 0.3 is 5.97 Å². The van der Waals surface area contributed by atoms with Crippen LogP contribution in [0.25, 0.3) is 0 Å². The Kier molecular flexibility index (Phi) is 7.38. The third kappa shape index (κ3) is 6.27. The molecule has 2 aromatic carbocycles. The fraction of sp³-hybridized carbons (Fsp3) is 0.536. The molecule has 0 aliphatic heterocycles. The molecule has 4 heteroatoms. The van der Waals surface area contributed by atoms with E-state index < -0.39 is 0 Å². The minimum Gasteiger partial charge on any atom is -0.507 e. The quantitative estimate of drug-likeness (QED) is 0.409. The highest BCUT2D eigenvalue weighted by atomic mass is 16.5. The molecule has 0 aromatic heterocycles. The second-order valence-electron chi connectivity index (χ2n) is 11.6. The zero-order valence-corrected chi connectivity index (χ0v) is 21.5. The van der Waals surface area contributed by atoms with Gasteiger partial charge in [0.05, 0.1) is 7.11 Å². The molecule has 0 atom stereocenters. The van der Waals surface area contributed by atoms with Crippen LogP contribution in [0, 0.1) is 0 Å². The number of hydrogen-bond donors (Lipinski definition) is 1. The molecule has 0 unspecified atom stereocenters. The van der Waals surface area contributed by atoms with Crippen LogP contribution in [-0.4, -0.2) is 18.2 Å². The number of benzene rings is 2. The highest BCUT2D eigenvalue weighted by Gasteiger charge is 2.27. The van der Waals surface area contributed by atoms with E-state index in [0.717, 1.165) is 28.0 Å². The number of carbonyl (C=O) groups is 1. The smallest absolute Gasteiger partial charge is 0.311 e. The standard InChI is InChI=1S/C28H40O4/c1-26(2,3)20-17-19(31-10)12-13-23(20)32-24(29)14-11-18-15-21(27(4,5)6)25(30)22(16-18)28(7,8)9/h12-13,15-17,30H,11,14H2,1-10H3. The SMILES string of the molecule is COc1ccc(OC(=O)CCc2cc(C(C)(C)C)c(O)c(C(C)(C)C)c2)c(C(C)(C)C)c1. The second-order valence-corrected chi connectivity index (χ2v) is 11.6. The molecule has 0 bridgehead atoms. The summed E-state index contributed by atoms with van der Waals surface area (Å²) in [5.41, 5.74) is 3.16. The highest BCUT2D eigenvalue weighted by Crippen LogP contribution is 2.40. The van der Waals surface area contributed by atoms with E-state index in [0.29, 0.717) is 17.9 Å². The second kappa shape index (κ2) is 9.17. The third-order valence-corrected chi connectivity index (χ3v) is 5.62. The van der Waals surface area contributed by atoms with Crippen molar-refractivity contribution in [3.8, 4) is 17.2 Å². The van der Waals surface area contributed by atoms with Crippen molar-refractivity contribution < 1.29 is 19.4 Å². The van der Waals surface area contributed by atoms with Crippen molar-refractivity contribution in [2.24, 2.45) is 0 Å². The number of aryl methyl sites for hydroxylation is 1. The number of hydrogen-bond acceptors (Lipinski definition) is 4. The van der Waals surface area contributed by atoms with Crippen molar-refractivity contribution in [2.75, 3.05) is 7.11 Å². The number of phenolic OH excluding ortho intramolecular Hbond substituents is 1. The Bertz CT molecular complexity index is 931. The van der Waals surface area contributed by atoms with Crippen LogP contribution in [0.4, 0.5) is 0 Å². The molecule has 0 spiro atoms. The van der Waals surface area contributed by atoms with Gasteiger partial charge < -0.3 is 14.6 Å². The fourth-order valence-electron chi connectivity index (χ4n) is 3.71. The monoisotopic (exact) mass is 440 g/mol. The van der Waals surface area contributed by atoms with Crippen molar-refractivity contribution in [1.29, 1.82) is 0 Å². The fourth-order valence-corrected chi connectivity index (χ4v) is 3.71. The molecule has 4 nitrogen and oxygen atoms in total. The molecule has 0 aliphatic rings. The van der Waals surface area contributed by atoms with Crippen LogP contribution in [0.5, 0.6) is 17.2 Å². The summed E-state index contributed by atoms with van der Waals surface area (Å²) < 4.78 is 11.1. The van der Waals surface area contributed by atoms with Gasteiger partial charge in [-0.1, -0.05) is 74.4 Å². The molecule has 0 amide bonds. The van der Waals surface area contributed by atoms with E-state index in [9.17, 15) is 9.90 Å². The Hall–Kier alpha value is -2.49. The molecule has 32 heavy (non-hydrogen) atoms. The van der Waals surface area contributed by atoms with Gasteiger partial charge in [0.25, 0.3) is 0 Å². The minimum absolute atomic E-state index is 0.190. The summed E-state index contributed by atoms with van der Waals surface area (Å²) in [6.45, 7) is 18.8. The summed E-state index contributed by atoms with van der Waals surface area (Å²) >= 11 is 0.